The van der Waals surface area contributed by atoms with Gasteiger partial charge in [0.15, 0.2) is 0 Å². The van der Waals surface area contributed by atoms with Gasteiger partial charge in [-0.25, -0.2) is 0 Å². The number of rotatable bonds is 5. The van der Waals surface area contributed by atoms with E-state index in [1.165, 1.54) is 28.5 Å². The molecule has 0 fully saturated rings. The summed E-state index contributed by atoms with van der Waals surface area (Å²) in [5, 5.41) is 0. The normalized spacial score (nSPS) is 10.3. The van der Waals surface area contributed by atoms with Crippen LogP contribution in [0.3, 0.4) is 0 Å². The topological polar surface area (TPSA) is 58.2 Å². The molecule has 2 aromatic carbocycles. The molecule has 0 heterocycles. The fraction of sp³-hybridized carbons (Fsp3) is 0.263. The summed E-state index contributed by atoms with van der Waals surface area (Å²) >= 11 is 1.44. The minimum absolute atomic E-state index is 0.239. The lowest BCUT2D eigenvalue weighted by atomic mass is 10.1. The van der Waals surface area contributed by atoms with Crippen LogP contribution >= 0.6 is 11.8 Å². The molecule has 0 saturated carbocycles. The number of nitrogens with one attached hydrogen (secondary N) is 2. The van der Waals surface area contributed by atoms with Crippen molar-refractivity contribution >= 4 is 23.6 Å². The van der Waals surface area contributed by atoms with E-state index in [1.54, 1.807) is 12.1 Å². The number of hydrogen-bond acceptors (Lipinski definition) is 3. The average Bonchev–Trinajstić information content (AvgIpc) is 2.60. The van der Waals surface area contributed by atoms with Crippen LogP contribution < -0.4 is 10.9 Å². The molecular weight excluding hydrogens is 320 g/mol. The summed E-state index contributed by atoms with van der Waals surface area (Å²) in [6, 6.07) is 13.4. The molecular formula is C19H22N2O2S. The van der Waals surface area contributed by atoms with Crippen molar-refractivity contribution in [3.05, 3.63) is 64.7 Å². The standard InChI is InChI=1S/C19H22N2O2S/c1-4-15-6-8-16(9-7-15)19(23)21-20-18(22)12-24-17-10-5-13(2)14(3)11-17/h5-11H,4,12H2,1-3H3,(H,20,22)(H,21,23). The largest absolute Gasteiger partial charge is 0.272 e. The summed E-state index contributed by atoms with van der Waals surface area (Å²) in [7, 11) is 0. The zero-order chi connectivity index (χ0) is 17.5. The molecule has 0 spiro atoms. The number of hydrazine groups is 1. The van der Waals surface area contributed by atoms with Crippen LogP contribution in [0.2, 0.25) is 0 Å². The number of thioether (sulfide) groups is 1. The maximum atomic E-state index is 12.0. The zero-order valence-corrected chi connectivity index (χ0v) is 15.0. The second-order valence-corrected chi connectivity index (χ2v) is 6.64. The van der Waals surface area contributed by atoms with E-state index in [2.05, 4.69) is 30.8 Å². The number of benzene rings is 2. The molecule has 2 N–H and O–H groups in total. The molecule has 2 aromatic rings. The molecule has 0 radical (unpaired) electrons. The Morgan fingerprint density at radius 2 is 1.67 bits per heavy atom. The molecule has 0 atom stereocenters. The number of hydrogen-bond donors (Lipinski definition) is 2. The Balaban J connectivity index is 1.79. The van der Waals surface area contributed by atoms with Crippen LogP contribution in [-0.2, 0) is 11.2 Å². The van der Waals surface area contributed by atoms with Gasteiger partial charge in [0.05, 0.1) is 5.75 Å². The Kier molecular flexibility index (Phi) is 6.44. The number of amides is 2. The van der Waals surface area contributed by atoms with Crippen LogP contribution in [0.25, 0.3) is 0 Å². The highest BCUT2D eigenvalue weighted by Crippen LogP contribution is 2.20. The van der Waals surface area contributed by atoms with Crippen molar-refractivity contribution in [1.82, 2.24) is 10.9 Å². The first-order valence-electron chi connectivity index (χ1n) is 7.87. The highest BCUT2D eigenvalue weighted by molar-refractivity contribution is 8.00. The Hall–Kier alpha value is -2.27. The first-order chi connectivity index (χ1) is 11.5. The zero-order valence-electron chi connectivity index (χ0n) is 14.2. The first kappa shape index (κ1) is 18.1. The van der Waals surface area contributed by atoms with E-state index in [0.29, 0.717) is 5.56 Å². The van der Waals surface area contributed by atoms with E-state index in [-0.39, 0.29) is 17.6 Å². The summed E-state index contributed by atoms with van der Waals surface area (Å²) in [4.78, 5) is 24.9. The van der Waals surface area contributed by atoms with Gasteiger partial charge >= 0.3 is 0 Å². The van der Waals surface area contributed by atoms with Gasteiger partial charge < -0.3 is 0 Å². The lowest BCUT2D eigenvalue weighted by Crippen LogP contribution is -2.42. The Morgan fingerprint density at radius 3 is 2.29 bits per heavy atom. The van der Waals surface area contributed by atoms with Gasteiger partial charge in [0, 0.05) is 10.5 Å². The predicted molar refractivity (Wildman–Crippen MR) is 98.1 cm³/mol. The van der Waals surface area contributed by atoms with Gasteiger partial charge in [0.1, 0.15) is 0 Å². The van der Waals surface area contributed by atoms with Crippen molar-refractivity contribution in [2.24, 2.45) is 0 Å². The van der Waals surface area contributed by atoms with Crippen LogP contribution in [0.1, 0.15) is 34.0 Å². The molecule has 0 aliphatic heterocycles. The minimum atomic E-state index is -0.317. The molecule has 5 heteroatoms. The smallest absolute Gasteiger partial charge is 0.269 e. The third-order valence-corrected chi connectivity index (χ3v) is 4.78. The van der Waals surface area contributed by atoms with Crippen molar-refractivity contribution in [3.63, 3.8) is 0 Å². The Bertz CT molecular complexity index is 727. The van der Waals surface area contributed by atoms with Crippen molar-refractivity contribution in [1.29, 1.82) is 0 Å². The molecule has 0 bridgehead atoms. The highest BCUT2D eigenvalue weighted by atomic mass is 32.2. The van der Waals surface area contributed by atoms with Gasteiger partial charge in [-0.2, -0.15) is 0 Å². The van der Waals surface area contributed by atoms with Gasteiger partial charge in [-0.05, 0) is 61.2 Å². The maximum Gasteiger partial charge on any atom is 0.269 e. The number of carbonyl (C=O) groups is 2. The summed E-state index contributed by atoms with van der Waals surface area (Å²) in [6.07, 6.45) is 0.925. The van der Waals surface area contributed by atoms with Crippen LogP contribution in [0.15, 0.2) is 47.4 Å². The van der Waals surface area contributed by atoms with E-state index in [4.69, 9.17) is 0 Å². The highest BCUT2D eigenvalue weighted by Gasteiger charge is 2.08. The molecule has 0 aliphatic rings. The molecule has 0 unspecified atom stereocenters. The third kappa shape index (κ3) is 5.13. The first-order valence-corrected chi connectivity index (χ1v) is 8.86. The van der Waals surface area contributed by atoms with E-state index >= 15 is 0 Å². The number of carbonyl (C=O) groups excluding carboxylic acids is 2. The summed E-state index contributed by atoms with van der Waals surface area (Å²) in [5.41, 5.74) is 9.00. The third-order valence-electron chi connectivity index (χ3n) is 3.79. The predicted octanol–water partition coefficient (Wildman–Crippen LogP) is 3.42. The molecule has 4 nitrogen and oxygen atoms in total. The minimum Gasteiger partial charge on any atom is -0.272 e. The SMILES string of the molecule is CCc1ccc(C(=O)NNC(=O)CSc2ccc(C)c(C)c2)cc1. The van der Waals surface area contributed by atoms with Crippen LogP contribution in [0.5, 0.6) is 0 Å². The van der Waals surface area contributed by atoms with Gasteiger partial charge in [-0.15, -0.1) is 11.8 Å². The van der Waals surface area contributed by atoms with Crippen molar-refractivity contribution in [2.75, 3.05) is 5.75 Å². The molecule has 126 valence electrons. The second kappa shape index (κ2) is 8.55. The monoisotopic (exact) mass is 342 g/mol. The van der Waals surface area contributed by atoms with Gasteiger partial charge in [-0.3, -0.25) is 20.4 Å². The summed E-state index contributed by atoms with van der Waals surface area (Å²) in [5.74, 6) is -0.309. The second-order valence-electron chi connectivity index (χ2n) is 5.59. The molecule has 0 aliphatic carbocycles. The molecule has 0 saturated heterocycles. The van der Waals surface area contributed by atoms with Crippen molar-refractivity contribution in [2.45, 2.75) is 32.1 Å². The summed E-state index contributed by atoms with van der Waals surface area (Å²) < 4.78 is 0. The lowest BCUT2D eigenvalue weighted by Gasteiger charge is -2.08. The Morgan fingerprint density at radius 1 is 0.958 bits per heavy atom. The summed E-state index contributed by atoms with van der Waals surface area (Å²) in [6.45, 7) is 6.16. The lowest BCUT2D eigenvalue weighted by molar-refractivity contribution is -0.119. The van der Waals surface area contributed by atoms with E-state index < -0.39 is 0 Å². The fourth-order valence-corrected chi connectivity index (χ4v) is 2.87. The fourth-order valence-electron chi connectivity index (χ4n) is 2.08. The molecule has 2 amide bonds. The van der Waals surface area contributed by atoms with Crippen LogP contribution in [0, 0.1) is 13.8 Å². The van der Waals surface area contributed by atoms with E-state index in [0.717, 1.165) is 11.3 Å². The maximum absolute atomic E-state index is 12.0. The van der Waals surface area contributed by atoms with Crippen molar-refractivity contribution in [3.8, 4) is 0 Å². The molecule has 2 rings (SSSR count). The van der Waals surface area contributed by atoms with Crippen LogP contribution in [-0.4, -0.2) is 17.6 Å². The van der Waals surface area contributed by atoms with Crippen molar-refractivity contribution < 1.29 is 9.59 Å². The van der Waals surface area contributed by atoms with Crippen LogP contribution in [0.4, 0.5) is 0 Å². The number of aryl methyl sites for hydroxylation is 3. The quantitative estimate of drug-likeness (QED) is 0.647. The Labute approximate surface area is 147 Å². The van der Waals surface area contributed by atoms with E-state index in [1.807, 2.05) is 31.2 Å². The van der Waals surface area contributed by atoms with Gasteiger partial charge in [0.25, 0.3) is 5.91 Å². The molecule has 24 heavy (non-hydrogen) atoms. The van der Waals surface area contributed by atoms with E-state index in [9.17, 15) is 9.59 Å². The average molecular weight is 342 g/mol. The van der Waals surface area contributed by atoms with Gasteiger partial charge in [0.2, 0.25) is 5.91 Å². The molecule has 0 aromatic heterocycles. The van der Waals surface area contributed by atoms with Gasteiger partial charge in [-0.1, -0.05) is 25.1 Å².